The van der Waals surface area contributed by atoms with Crippen LogP contribution >= 0.6 is 12.4 Å². The predicted octanol–water partition coefficient (Wildman–Crippen LogP) is 2.00. The van der Waals surface area contributed by atoms with Crippen molar-refractivity contribution in [1.29, 1.82) is 0 Å². The summed E-state index contributed by atoms with van der Waals surface area (Å²) in [5.74, 6) is -0.104. The van der Waals surface area contributed by atoms with Crippen LogP contribution in [0, 0.1) is 0 Å². The molecule has 0 unspecified atom stereocenters. The van der Waals surface area contributed by atoms with Gasteiger partial charge < -0.3 is 11.1 Å². The summed E-state index contributed by atoms with van der Waals surface area (Å²) >= 11 is 0. The van der Waals surface area contributed by atoms with Gasteiger partial charge in [0.1, 0.15) is 12.7 Å². The Kier molecular flexibility index (Phi) is 7.19. The van der Waals surface area contributed by atoms with Crippen LogP contribution in [0.15, 0.2) is 36.9 Å². The molecule has 0 fully saturated rings. The third kappa shape index (κ3) is 5.04. The van der Waals surface area contributed by atoms with Gasteiger partial charge in [0, 0.05) is 17.6 Å². The zero-order valence-electron chi connectivity index (χ0n) is 13.5. The second kappa shape index (κ2) is 8.64. The number of nitrogens with zero attached hydrogens (tertiary/aromatic N) is 3. The number of nitrogens with two attached hydrogens (primary N) is 1. The summed E-state index contributed by atoms with van der Waals surface area (Å²) in [5, 5.41) is 7.03. The van der Waals surface area contributed by atoms with Crippen molar-refractivity contribution in [2.45, 2.75) is 38.8 Å². The molecule has 2 aromatic rings. The van der Waals surface area contributed by atoms with Gasteiger partial charge in [0.25, 0.3) is 5.91 Å². The molecule has 23 heavy (non-hydrogen) atoms. The lowest BCUT2D eigenvalue weighted by molar-refractivity contribution is 0.0941. The molecule has 1 heterocycles. The number of amides is 1. The van der Waals surface area contributed by atoms with Crippen molar-refractivity contribution in [1.82, 2.24) is 20.1 Å². The van der Waals surface area contributed by atoms with Crippen LogP contribution < -0.4 is 11.1 Å². The highest BCUT2D eigenvalue weighted by Crippen LogP contribution is 2.12. The van der Waals surface area contributed by atoms with E-state index in [1.54, 1.807) is 11.0 Å². The first-order valence-corrected chi connectivity index (χ1v) is 7.55. The zero-order valence-corrected chi connectivity index (χ0v) is 14.3. The van der Waals surface area contributed by atoms with Gasteiger partial charge in [0.2, 0.25) is 0 Å². The lowest BCUT2D eigenvalue weighted by Crippen LogP contribution is -2.49. The first-order valence-electron chi connectivity index (χ1n) is 7.55. The predicted molar refractivity (Wildman–Crippen MR) is 92.6 cm³/mol. The summed E-state index contributed by atoms with van der Waals surface area (Å²) in [4.78, 5) is 16.4. The Morgan fingerprint density at radius 1 is 1.30 bits per heavy atom. The van der Waals surface area contributed by atoms with Crippen LogP contribution in [-0.4, -0.2) is 32.8 Å². The van der Waals surface area contributed by atoms with E-state index in [0.29, 0.717) is 18.7 Å². The summed E-state index contributed by atoms with van der Waals surface area (Å²) in [5.41, 5.74) is 7.43. The molecule has 0 radical (unpaired) electrons. The lowest BCUT2D eigenvalue weighted by Gasteiger charge is -2.27. The Hall–Kier alpha value is -1.92. The van der Waals surface area contributed by atoms with Crippen molar-refractivity contribution in [2.75, 3.05) is 6.54 Å². The molecular formula is C16H24ClN5O. The lowest BCUT2D eigenvalue weighted by atomic mass is 9.94. The van der Waals surface area contributed by atoms with Gasteiger partial charge in [0.15, 0.2) is 0 Å². The van der Waals surface area contributed by atoms with Crippen molar-refractivity contribution in [3.05, 3.63) is 48.0 Å². The van der Waals surface area contributed by atoms with Gasteiger partial charge in [-0.05, 0) is 24.5 Å². The number of hydrogen-bond donors (Lipinski definition) is 2. The molecule has 3 N–H and O–H groups in total. The quantitative estimate of drug-likeness (QED) is 0.809. The minimum atomic E-state index is -0.351. The second-order valence-electron chi connectivity index (χ2n) is 5.50. The summed E-state index contributed by atoms with van der Waals surface area (Å²) in [6.45, 7) is 5.05. The third-order valence-corrected chi connectivity index (χ3v) is 4.07. The maximum Gasteiger partial charge on any atom is 0.251 e. The number of hydrogen-bond acceptors (Lipinski definition) is 4. The van der Waals surface area contributed by atoms with Crippen molar-refractivity contribution in [3.63, 3.8) is 0 Å². The normalized spacial score (nSPS) is 10.9. The van der Waals surface area contributed by atoms with Gasteiger partial charge in [-0.15, -0.1) is 12.4 Å². The van der Waals surface area contributed by atoms with Crippen molar-refractivity contribution in [2.24, 2.45) is 5.73 Å². The van der Waals surface area contributed by atoms with Crippen molar-refractivity contribution >= 4 is 18.3 Å². The van der Waals surface area contributed by atoms with Crippen LogP contribution in [0.2, 0.25) is 0 Å². The second-order valence-corrected chi connectivity index (χ2v) is 5.50. The number of carbonyl (C=O) groups is 1. The first kappa shape index (κ1) is 19.1. The maximum absolute atomic E-state index is 12.5. The first-order chi connectivity index (χ1) is 10.6. The van der Waals surface area contributed by atoms with Gasteiger partial charge in [-0.2, -0.15) is 5.10 Å². The standard InChI is InChI=1S/C16H23N5O.ClH/c1-3-16(17,4-2)10-19-15(22)14-8-6-5-7-13(14)9-21-12-18-11-20-21;/h5-8,11-12H,3-4,9-10,17H2,1-2H3,(H,19,22);1H. The van der Waals surface area contributed by atoms with Crippen LogP contribution in [0.5, 0.6) is 0 Å². The number of halogens is 1. The van der Waals surface area contributed by atoms with Crippen LogP contribution in [0.3, 0.4) is 0 Å². The fourth-order valence-corrected chi connectivity index (χ4v) is 2.22. The van der Waals surface area contributed by atoms with E-state index in [-0.39, 0.29) is 23.9 Å². The average Bonchev–Trinajstić information content (AvgIpc) is 3.06. The molecule has 0 bridgehead atoms. The van der Waals surface area contributed by atoms with E-state index >= 15 is 0 Å². The maximum atomic E-state index is 12.5. The van der Waals surface area contributed by atoms with E-state index in [1.165, 1.54) is 6.33 Å². The SMILES string of the molecule is CCC(N)(CC)CNC(=O)c1ccccc1Cn1cncn1.Cl. The van der Waals surface area contributed by atoms with E-state index in [1.807, 2.05) is 38.1 Å². The van der Waals surface area contributed by atoms with E-state index in [0.717, 1.165) is 18.4 Å². The summed E-state index contributed by atoms with van der Waals surface area (Å²) in [7, 11) is 0. The average molecular weight is 338 g/mol. The summed E-state index contributed by atoms with van der Waals surface area (Å²) in [6, 6.07) is 7.51. The number of benzene rings is 1. The molecule has 0 aliphatic rings. The Morgan fingerprint density at radius 3 is 2.61 bits per heavy atom. The molecule has 1 aromatic heterocycles. The van der Waals surface area contributed by atoms with Gasteiger partial charge in [-0.3, -0.25) is 4.79 Å². The van der Waals surface area contributed by atoms with Crippen LogP contribution in [0.4, 0.5) is 0 Å². The van der Waals surface area contributed by atoms with E-state index < -0.39 is 0 Å². The topological polar surface area (TPSA) is 85.8 Å². The highest BCUT2D eigenvalue weighted by molar-refractivity contribution is 5.95. The van der Waals surface area contributed by atoms with Gasteiger partial charge in [0.05, 0.1) is 6.54 Å². The minimum absolute atomic E-state index is 0. The minimum Gasteiger partial charge on any atom is -0.350 e. The third-order valence-electron chi connectivity index (χ3n) is 4.07. The highest BCUT2D eigenvalue weighted by atomic mass is 35.5. The highest BCUT2D eigenvalue weighted by Gasteiger charge is 2.21. The Bertz CT molecular complexity index is 611. The molecule has 2 rings (SSSR count). The molecule has 1 amide bonds. The molecule has 0 saturated carbocycles. The fourth-order valence-electron chi connectivity index (χ4n) is 2.22. The van der Waals surface area contributed by atoms with E-state index in [2.05, 4.69) is 15.4 Å². The molecule has 6 nitrogen and oxygen atoms in total. The Morgan fingerprint density at radius 2 is 2.00 bits per heavy atom. The summed E-state index contributed by atoms with van der Waals surface area (Å²) in [6.07, 6.45) is 4.76. The van der Waals surface area contributed by atoms with Crippen LogP contribution in [-0.2, 0) is 6.54 Å². The Labute approximate surface area is 142 Å². The van der Waals surface area contributed by atoms with Gasteiger partial charge in [-0.25, -0.2) is 9.67 Å². The molecule has 1 aromatic carbocycles. The molecule has 126 valence electrons. The molecule has 0 aliphatic heterocycles. The van der Waals surface area contributed by atoms with Crippen LogP contribution in [0.25, 0.3) is 0 Å². The smallest absolute Gasteiger partial charge is 0.251 e. The fraction of sp³-hybridized carbons (Fsp3) is 0.438. The summed E-state index contributed by atoms with van der Waals surface area (Å²) < 4.78 is 1.69. The molecule has 0 saturated heterocycles. The van der Waals surface area contributed by atoms with Crippen LogP contribution in [0.1, 0.15) is 42.6 Å². The number of carbonyl (C=O) groups excluding carboxylic acids is 1. The molecule has 0 spiro atoms. The molecule has 0 aliphatic carbocycles. The van der Waals surface area contributed by atoms with Crippen molar-refractivity contribution in [3.8, 4) is 0 Å². The van der Waals surface area contributed by atoms with Gasteiger partial charge in [-0.1, -0.05) is 32.0 Å². The molecule has 0 atom stereocenters. The number of rotatable bonds is 7. The zero-order chi connectivity index (χ0) is 16.0. The van der Waals surface area contributed by atoms with Crippen molar-refractivity contribution < 1.29 is 4.79 Å². The monoisotopic (exact) mass is 337 g/mol. The number of aromatic nitrogens is 3. The van der Waals surface area contributed by atoms with E-state index in [4.69, 9.17) is 5.73 Å². The van der Waals surface area contributed by atoms with Gasteiger partial charge >= 0.3 is 0 Å². The Balaban J connectivity index is 0.00000264. The molecule has 7 heteroatoms. The van der Waals surface area contributed by atoms with E-state index in [9.17, 15) is 4.79 Å². The number of nitrogens with one attached hydrogen (secondary N) is 1. The molecular weight excluding hydrogens is 314 g/mol. The largest absolute Gasteiger partial charge is 0.350 e.